The number of rotatable bonds is 9. The molecule has 1 aromatic rings. The first-order chi connectivity index (χ1) is 11.9. The maximum atomic E-state index is 12.4. The first-order valence-electron chi connectivity index (χ1n) is 9.27. The molecule has 0 aromatic heterocycles. The van der Waals surface area contributed by atoms with E-state index in [4.69, 9.17) is 4.74 Å². The van der Waals surface area contributed by atoms with Crippen LogP contribution in [-0.4, -0.2) is 51.9 Å². The molecule has 0 spiro atoms. The third kappa shape index (κ3) is 6.70. The Morgan fingerprint density at radius 3 is 2.64 bits per heavy atom. The molecule has 1 aromatic carbocycles. The van der Waals surface area contributed by atoms with Crippen molar-refractivity contribution in [1.29, 1.82) is 0 Å². The molecule has 0 bridgehead atoms. The van der Waals surface area contributed by atoms with Gasteiger partial charge in [0.25, 0.3) is 0 Å². The molecule has 1 saturated heterocycles. The monoisotopic (exact) mass is 368 g/mol. The van der Waals surface area contributed by atoms with E-state index in [0.717, 1.165) is 31.5 Å². The van der Waals surface area contributed by atoms with Gasteiger partial charge in [-0.25, -0.2) is 13.1 Å². The fourth-order valence-electron chi connectivity index (χ4n) is 3.44. The van der Waals surface area contributed by atoms with Gasteiger partial charge >= 0.3 is 0 Å². The molecule has 0 amide bonds. The summed E-state index contributed by atoms with van der Waals surface area (Å²) in [6, 6.07) is 8.38. The van der Waals surface area contributed by atoms with E-state index in [2.05, 4.69) is 41.7 Å². The van der Waals surface area contributed by atoms with Gasteiger partial charge in [-0.3, -0.25) is 4.90 Å². The van der Waals surface area contributed by atoms with Crippen LogP contribution in [0, 0.1) is 12.8 Å². The summed E-state index contributed by atoms with van der Waals surface area (Å²) in [6.45, 7) is 9.61. The zero-order chi connectivity index (χ0) is 18.3. The van der Waals surface area contributed by atoms with Crippen molar-refractivity contribution in [1.82, 2.24) is 9.62 Å². The molecule has 1 N–H and O–H groups in total. The number of benzene rings is 1. The van der Waals surface area contributed by atoms with E-state index in [1.54, 1.807) is 0 Å². The van der Waals surface area contributed by atoms with Crippen molar-refractivity contribution in [3.05, 3.63) is 35.4 Å². The van der Waals surface area contributed by atoms with Gasteiger partial charge in [0.2, 0.25) is 10.0 Å². The highest BCUT2D eigenvalue weighted by atomic mass is 32.2. The zero-order valence-electron chi connectivity index (χ0n) is 15.7. The third-order valence-electron chi connectivity index (χ3n) is 4.70. The number of hydrogen-bond acceptors (Lipinski definition) is 4. The SMILES string of the molecule is CCCC(C)CS(=O)(=O)NCC(c1cccc(C)c1)N1CCOCC1. The minimum atomic E-state index is -3.26. The van der Waals surface area contributed by atoms with E-state index in [0.29, 0.717) is 19.8 Å². The molecule has 6 heteroatoms. The molecule has 2 atom stereocenters. The van der Waals surface area contributed by atoms with Crippen LogP contribution in [0.4, 0.5) is 0 Å². The second kappa shape index (κ2) is 9.67. The summed E-state index contributed by atoms with van der Waals surface area (Å²) in [7, 11) is -3.26. The first-order valence-corrected chi connectivity index (χ1v) is 10.9. The molecular formula is C19H32N2O3S. The van der Waals surface area contributed by atoms with Crippen LogP contribution in [0.2, 0.25) is 0 Å². The average molecular weight is 369 g/mol. The molecule has 25 heavy (non-hydrogen) atoms. The van der Waals surface area contributed by atoms with E-state index in [-0.39, 0.29) is 17.7 Å². The summed E-state index contributed by atoms with van der Waals surface area (Å²) in [5.41, 5.74) is 2.35. The van der Waals surface area contributed by atoms with Gasteiger partial charge in [-0.05, 0) is 24.8 Å². The van der Waals surface area contributed by atoms with Crippen molar-refractivity contribution in [2.24, 2.45) is 5.92 Å². The summed E-state index contributed by atoms with van der Waals surface area (Å²) < 4.78 is 33.2. The molecule has 2 unspecified atom stereocenters. The van der Waals surface area contributed by atoms with Crippen LogP contribution in [0.1, 0.15) is 43.9 Å². The lowest BCUT2D eigenvalue weighted by molar-refractivity contribution is 0.0172. The number of aryl methyl sites for hydroxylation is 1. The van der Waals surface area contributed by atoms with E-state index in [9.17, 15) is 8.42 Å². The smallest absolute Gasteiger partial charge is 0.211 e. The molecule has 0 aliphatic carbocycles. The predicted octanol–water partition coefficient (Wildman–Crippen LogP) is 2.72. The van der Waals surface area contributed by atoms with Crippen molar-refractivity contribution in [3.63, 3.8) is 0 Å². The summed E-state index contributed by atoms with van der Waals surface area (Å²) in [4.78, 5) is 2.32. The minimum Gasteiger partial charge on any atom is -0.379 e. The van der Waals surface area contributed by atoms with Crippen LogP contribution in [-0.2, 0) is 14.8 Å². The Balaban J connectivity index is 2.08. The minimum absolute atomic E-state index is 0.0417. The van der Waals surface area contributed by atoms with Crippen molar-refractivity contribution >= 4 is 10.0 Å². The Hall–Kier alpha value is -0.950. The number of nitrogens with one attached hydrogen (secondary N) is 1. The van der Waals surface area contributed by atoms with Crippen LogP contribution in [0.5, 0.6) is 0 Å². The van der Waals surface area contributed by atoms with Crippen molar-refractivity contribution in [2.45, 2.75) is 39.7 Å². The second-order valence-electron chi connectivity index (χ2n) is 7.10. The van der Waals surface area contributed by atoms with Crippen LogP contribution in [0.15, 0.2) is 24.3 Å². The fourth-order valence-corrected chi connectivity index (χ4v) is 4.89. The van der Waals surface area contributed by atoms with Crippen molar-refractivity contribution < 1.29 is 13.2 Å². The van der Waals surface area contributed by atoms with E-state index in [1.807, 2.05) is 13.0 Å². The highest BCUT2D eigenvalue weighted by Gasteiger charge is 2.25. The lowest BCUT2D eigenvalue weighted by Gasteiger charge is -2.35. The summed E-state index contributed by atoms with van der Waals surface area (Å²) in [6.07, 6.45) is 1.95. The highest BCUT2D eigenvalue weighted by Crippen LogP contribution is 2.22. The molecule has 1 aliphatic heterocycles. The van der Waals surface area contributed by atoms with Crippen LogP contribution >= 0.6 is 0 Å². The predicted molar refractivity (Wildman–Crippen MR) is 102 cm³/mol. The van der Waals surface area contributed by atoms with Gasteiger partial charge in [-0.1, -0.05) is 50.1 Å². The lowest BCUT2D eigenvalue weighted by atomic mass is 10.0. The maximum Gasteiger partial charge on any atom is 0.211 e. The van der Waals surface area contributed by atoms with Gasteiger partial charge in [0, 0.05) is 25.7 Å². The first kappa shape index (κ1) is 20.4. The second-order valence-corrected chi connectivity index (χ2v) is 8.95. The summed E-state index contributed by atoms with van der Waals surface area (Å²) >= 11 is 0. The Bertz CT molecular complexity index is 627. The van der Waals surface area contributed by atoms with Gasteiger partial charge in [0.05, 0.1) is 19.0 Å². The van der Waals surface area contributed by atoms with E-state index in [1.165, 1.54) is 5.56 Å². The third-order valence-corrected chi connectivity index (χ3v) is 6.31. The Kier molecular flexibility index (Phi) is 7.87. The molecule has 1 aliphatic rings. The fraction of sp³-hybridized carbons (Fsp3) is 0.684. The number of sulfonamides is 1. The van der Waals surface area contributed by atoms with Gasteiger partial charge in [-0.15, -0.1) is 0 Å². The summed E-state index contributed by atoms with van der Waals surface area (Å²) in [5, 5.41) is 0. The number of hydrogen-bond donors (Lipinski definition) is 1. The van der Waals surface area contributed by atoms with E-state index >= 15 is 0 Å². The van der Waals surface area contributed by atoms with Gasteiger partial charge in [0.1, 0.15) is 0 Å². The van der Waals surface area contributed by atoms with Gasteiger partial charge in [-0.2, -0.15) is 0 Å². The maximum absolute atomic E-state index is 12.4. The van der Waals surface area contributed by atoms with Crippen molar-refractivity contribution in [2.75, 3.05) is 38.6 Å². The number of morpholine rings is 1. The van der Waals surface area contributed by atoms with Gasteiger partial charge < -0.3 is 4.74 Å². The zero-order valence-corrected chi connectivity index (χ0v) is 16.5. The van der Waals surface area contributed by atoms with Crippen LogP contribution in [0.3, 0.4) is 0 Å². The Labute approximate surface area is 152 Å². The Morgan fingerprint density at radius 2 is 2.00 bits per heavy atom. The molecule has 0 radical (unpaired) electrons. The standard InChI is InChI=1S/C19H32N2O3S/c1-4-6-17(3)15-25(22,23)20-14-19(21-9-11-24-12-10-21)18-8-5-7-16(2)13-18/h5,7-8,13,17,19-20H,4,6,9-12,14-15H2,1-3H3. The van der Waals surface area contributed by atoms with Crippen LogP contribution < -0.4 is 4.72 Å². The number of nitrogens with zero attached hydrogens (tertiary/aromatic N) is 1. The molecular weight excluding hydrogens is 336 g/mol. The van der Waals surface area contributed by atoms with Gasteiger partial charge in [0.15, 0.2) is 0 Å². The molecule has 5 nitrogen and oxygen atoms in total. The topological polar surface area (TPSA) is 58.6 Å². The molecule has 142 valence electrons. The lowest BCUT2D eigenvalue weighted by Crippen LogP contribution is -2.44. The Morgan fingerprint density at radius 1 is 1.28 bits per heavy atom. The quantitative estimate of drug-likeness (QED) is 0.728. The molecule has 1 heterocycles. The van der Waals surface area contributed by atoms with E-state index < -0.39 is 10.0 Å². The number of ether oxygens (including phenoxy) is 1. The van der Waals surface area contributed by atoms with Crippen LogP contribution in [0.25, 0.3) is 0 Å². The summed E-state index contributed by atoms with van der Waals surface area (Å²) in [5.74, 6) is 0.383. The molecule has 0 saturated carbocycles. The highest BCUT2D eigenvalue weighted by molar-refractivity contribution is 7.89. The molecule has 2 rings (SSSR count). The van der Waals surface area contributed by atoms with Crippen molar-refractivity contribution in [3.8, 4) is 0 Å². The largest absolute Gasteiger partial charge is 0.379 e. The molecule has 1 fully saturated rings. The normalized spacial score (nSPS) is 18.8. The average Bonchev–Trinajstić information content (AvgIpc) is 2.55.